The molecule has 0 aliphatic heterocycles. The van der Waals surface area contributed by atoms with Crippen LogP contribution in [0.2, 0.25) is 0 Å². The summed E-state index contributed by atoms with van der Waals surface area (Å²) in [6, 6.07) is 12.5. The van der Waals surface area contributed by atoms with Gasteiger partial charge in [-0.25, -0.2) is 0 Å². The molecular formula is C18H17N3O6. The fourth-order valence-corrected chi connectivity index (χ4v) is 1.97. The number of hydrazine groups is 1. The average molecular weight is 371 g/mol. The zero-order chi connectivity index (χ0) is 19.6. The molecular weight excluding hydrogens is 354 g/mol. The van der Waals surface area contributed by atoms with Crippen molar-refractivity contribution in [2.45, 2.75) is 0 Å². The molecule has 0 saturated carbocycles. The van der Waals surface area contributed by atoms with Crippen molar-refractivity contribution >= 4 is 23.6 Å². The molecule has 140 valence electrons. The maximum Gasteiger partial charge on any atom is 0.276 e. The molecule has 0 unspecified atom stereocenters. The van der Waals surface area contributed by atoms with Crippen LogP contribution in [0.5, 0.6) is 11.5 Å². The van der Waals surface area contributed by atoms with Gasteiger partial charge in [0.1, 0.15) is 0 Å². The third kappa shape index (κ3) is 6.16. The van der Waals surface area contributed by atoms with E-state index < -0.39 is 16.7 Å². The number of nitrogens with zero attached hydrogens (tertiary/aromatic N) is 1. The molecule has 2 aromatic rings. The van der Waals surface area contributed by atoms with Crippen molar-refractivity contribution < 1.29 is 24.0 Å². The van der Waals surface area contributed by atoms with Crippen LogP contribution in [0.1, 0.15) is 5.56 Å². The van der Waals surface area contributed by atoms with Crippen LogP contribution in [0.3, 0.4) is 0 Å². The molecule has 9 nitrogen and oxygen atoms in total. The van der Waals surface area contributed by atoms with Crippen LogP contribution in [0, 0.1) is 10.1 Å². The number of nitro groups is 1. The Balaban J connectivity index is 1.77. The highest BCUT2D eigenvalue weighted by Gasteiger charge is 2.07. The van der Waals surface area contributed by atoms with Gasteiger partial charge in [-0.2, -0.15) is 0 Å². The molecule has 2 rings (SSSR count). The van der Waals surface area contributed by atoms with Crippen LogP contribution < -0.4 is 20.3 Å². The maximum atomic E-state index is 11.7. The van der Waals surface area contributed by atoms with Crippen LogP contribution in [0.25, 0.3) is 6.08 Å². The van der Waals surface area contributed by atoms with Crippen LogP contribution in [0.15, 0.2) is 54.6 Å². The highest BCUT2D eigenvalue weighted by Crippen LogP contribution is 2.25. The van der Waals surface area contributed by atoms with Gasteiger partial charge in [0.25, 0.3) is 17.5 Å². The molecule has 0 atom stereocenters. The van der Waals surface area contributed by atoms with Gasteiger partial charge in [0.15, 0.2) is 18.1 Å². The number of methoxy groups -OCH3 is 1. The van der Waals surface area contributed by atoms with E-state index in [1.165, 1.54) is 43.5 Å². The molecule has 2 aromatic carbocycles. The summed E-state index contributed by atoms with van der Waals surface area (Å²) in [5, 5.41) is 10.6. The van der Waals surface area contributed by atoms with E-state index in [9.17, 15) is 19.7 Å². The number of amides is 2. The first-order chi connectivity index (χ1) is 13.0. The molecule has 27 heavy (non-hydrogen) atoms. The van der Waals surface area contributed by atoms with Crippen LogP contribution >= 0.6 is 0 Å². The largest absolute Gasteiger partial charge is 0.493 e. The smallest absolute Gasteiger partial charge is 0.276 e. The summed E-state index contributed by atoms with van der Waals surface area (Å²) >= 11 is 0. The second-order valence-electron chi connectivity index (χ2n) is 5.16. The number of carbonyl (C=O) groups is 2. The molecule has 0 aliphatic rings. The van der Waals surface area contributed by atoms with E-state index >= 15 is 0 Å². The topological polar surface area (TPSA) is 120 Å². The van der Waals surface area contributed by atoms with E-state index in [0.29, 0.717) is 17.1 Å². The molecule has 0 aliphatic carbocycles. The Labute approximate surface area is 154 Å². The Kier molecular flexibility index (Phi) is 6.89. The normalized spacial score (nSPS) is 10.3. The molecule has 2 amide bonds. The summed E-state index contributed by atoms with van der Waals surface area (Å²) in [6.45, 7) is -0.313. The molecule has 2 N–H and O–H groups in total. The first kappa shape index (κ1) is 19.4. The lowest BCUT2D eigenvalue weighted by molar-refractivity contribution is -0.384. The van der Waals surface area contributed by atoms with Gasteiger partial charge in [-0.05, 0) is 35.9 Å². The summed E-state index contributed by atoms with van der Waals surface area (Å²) in [4.78, 5) is 33.5. The Hall–Kier alpha value is -3.88. The molecule has 0 fully saturated rings. The lowest BCUT2D eigenvalue weighted by atomic mass is 10.2. The van der Waals surface area contributed by atoms with E-state index in [0.717, 1.165) is 0 Å². The lowest BCUT2D eigenvalue weighted by Gasteiger charge is -2.10. The number of hydrogen-bond acceptors (Lipinski definition) is 6. The zero-order valence-electron chi connectivity index (χ0n) is 14.4. The lowest BCUT2D eigenvalue weighted by Crippen LogP contribution is -2.43. The second-order valence-corrected chi connectivity index (χ2v) is 5.16. The molecule has 0 aromatic heterocycles. The van der Waals surface area contributed by atoms with Gasteiger partial charge in [0.2, 0.25) is 0 Å². The molecule has 9 heteroatoms. The SMILES string of the molecule is COc1ccccc1OCC(=O)NNC(=O)/C=C/c1ccc([N+](=O)[O-])cc1. The van der Waals surface area contributed by atoms with Crippen molar-refractivity contribution in [1.29, 1.82) is 0 Å². The molecule has 0 bridgehead atoms. The predicted molar refractivity (Wildman–Crippen MR) is 96.9 cm³/mol. The second kappa shape index (κ2) is 9.56. The number of non-ortho nitro benzene ring substituents is 1. The van der Waals surface area contributed by atoms with Crippen LogP contribution in [-0.2, 0) is 9.59 Å². The standard InChI is InChI=1S/C18H17N3O6/c1-26-15-4-2-3-5-16(15)27-12-18(23)20-19-17(22)11-8-13-6-9-14(10-7-13)21(24)25/h2-11H,12H2,1H3,(H,19,22)(H,20,23)/b11-8+. The highest BCUT2D eigenvalue weighted by molar-refractivity contribution is 5.93. The van der Waals surface area contributed by atoms with Crippen LogP contribution in [-0.4, -0.2) is 30.5 Å². The summed E-state index contributed by atoms with van der Waals surface area (Å²) in [6.07, 6.45) is 2.64. The Morgan fingerprint density at radius 2 is 1.74 bits per heavy atom. The van der Waals surface area contributed by atoms with E-state index in [2.05, 4.69) is 10.9 Å². The van der Waals surface area contributed by atoms with Crippen molar-refractivity contribution in [3.8, 4) is 11.5 Å². The Bertz CT molecular complexity index is 848. The van der Waals surface area contributed by atoms with Gasteiger partial charge in [-0.1, -0.05) is 12.1 Å². The van der Waals surface area contributed by atoms with E-state index in [4.69, 9.17) is 9.47 Å². The zero-order valence-corrected chi connectivity index (χ0v) is 14.4. The van der Waals surface area contributed by atoms with Gasteiger partial charge < -0.3 is 9.47 Å². The quantitative estimate of drug-likeness (QED) is 0.435. The minimum atomic E-state index is -0.570. The fourth-order valence-electron chi connectivity index (χ4n) is 1.97. The van der Waals surface area contributed by atoms with Crippen molar-refractivity contribution in [1.82, 2.24) is 10.9 Å². The number of benzene rings is 2. The molecule has 0 saturated heterocycles. The van der Waals surface area contributed by atoms with Crippen molar-refractivity contribution in [2.75, 3.05) is 13.7 Å². The summed E-state index contributed by atoms with van der Waals surface area (Å²) in [5.74, 6) is -0.239. The van der Waals surface area contributed by atoms with Gasteiger partial charge in [0, 0.05) is 18.2 Å². The first-order valence-corrected chi connectivity index (χ1v) is 7.77. The van der Waals surface area contributed by atoms with Crippen molar-refractivity contribution in [2.24, 2.45) is 0 Å². The van der Waals surface area contributed by atoms with Gasteiger partial charge in [-0.3, -0.25) is 30.6 Å². The van der Waals surface area contributed by atoms with E-state index in [1.54, 1.807) is 24.3 Å². The minimum absolute atomic E-state index is 0.0427. The number of nitro benzene ring substituents is 1. The summed E-state index contributed by atoms with van der Waals surface area (Å²) in [7, 11) is 1.49. The maximum absolute atomic E-state index is 11.7. The van der Waals surface area contributed by atoms with Gasteiger partial charge >= 0.3 is 0 Å². The number of para-hydroxylation sites is 2. The van der Waals surface area contributed by atoms with Crippen LogP contribution in [0.4, 0.5) is 5.69 Å². The van der Waals surface area contributed by atoms with E-state index in [-0.39, 0.29) is 12.3 Å². The fraction of sp³-hybridized carbons (Fsp3) is 0.111. The first-order valence-electron chi connectivity index (χ1n) is 7.77. The Morgan fingerprint density at radius 3 is 2.37 bits per heavy atom. The van der Waals surface area contributed by atoms with Crippen molar-refractivity contribution in [3.05, 3.63) is 70.3 Å². The highest BCUT2D eigenvalue weighted by atomic mass is 16.6. The molecule has 0 radical (unpaired) electrons. The Morgan fingerprint density at radius 1 is 1.07 bits per heavy atom. The molecule has 0 heterocycles. The third-order valence-electron chi connectivity index (χ3n) is 3.28. The third-order valence-corrected chi connectivity index (χ3v) is 3.28. The molecule has 0 spiro atoms. The number of carbonyl (C=O) groups excluding carboxylic acids is 2. The monoisotopic (exact) mass is 371 g/mol. The van der Waals surface area contributed by atoms with Crippen molar-refractivity contribution in [3.63, 3.8) is 0 Å². The van der Waals surface area contributed by atoms with E-state index in [1.807, 2.05) is 0 Å². The number of ether oxygens (including phenoxy) is 2. The minimum Gasteiger partial charge on any atom is -0.493 e. The van der Waals surface area contributed by atoms with Gasteiger partial charge in [-0.15, -0.1) is 0 Å². The number of rotatable bonds is 7. The average Bonchev–Trinajstić information content (AvgIpc) is 2.69. The predicted octanol–water partition coefficient (Wildman–Crippen LogP) is 1.84. The summed E-state index contributed by atoms with van der Waals surface area (Å²) < 4.78 is 10.4. The number of hydrogen-bond donors (Lipinski definition) is 2. The number of nitrogens with one attached hydrogen (secondary N) is 2. The van der Waals surface area contributed by atoms with Gasteiger partial charge in [0.05, 0.1) is 12.0 Å². The summed E-state index contributed by atoms with van der Waals surface area (Å²) in [5.41, 5.74) is 4.96.